The van der Waals surface area contributed by atoms with E-state index in [1.165, 1.54) is 5.56 Å². The van der Waals surface area contributed by atoms with Crippen LogP contribution in [0.15, 0.2) is 36.7 Å². The number of benzene rings is 1. The Bertz CT molecular complexity index is 809. The lowest BCUT2D eigenvalue weighted by molar-refractivity contribution is 0.0955. The molecule has 1 atom stereocenters. The number of urea groups is 1. The van der Waals surface area contributed by atoms with Crippen LogP contribution in [-0.4, -0.2) is 75.8 Å². The standard InChI is InChI=1S/C21H30N6O/c1-24(2)20(28)27-11-9-21(10-12-27)15-26(13-17-7-5-4-6-8-17)14-18(21)19-23-22-16-25(19)3/h4-8,16,18H,9-15H2,1-3H3. The van der Waals surface area contributed by atoms with Crippen molar-refractivity contribution in [2.24, 2.45) is 12.5 Å². The van der Waals surface area contributed by atoms with Crippen LogP contribution in [0.5, 0.6) is 0 Å². The minimum absolute atomic E-state index is 0.115. The van der Waals surface area contributed by atoms with E-state index in [1.807, 2.05) is 26.0 Å². The number of aromatic nitrogens is 3. The molecule has 2 saturated heterocycles. The molecule has 4 rings (SSSR count). The van der Waals surface area contributed by atoms with Crippen LogP contribution in [0.25, 0.3) is 0 Å². The molecule has 2 aliphatic rings. The molecule has 0 aliphatic carbocycles. The molecule has 1 spiro atoms. The molecule has 1 aromatic carbocycles. The van der Waals surface area contributed by atoms with Gasteiger partial charge in [0.05, 0.1) is 0 Å². The summed E-state index contributed by atoms with van der Waals surface area (Å²) >= 11 is 0. The molecule has 1 unspecified atom stereocenters. The van der Waals surface area contributed by atoms with Crippen molar-refractivity contribution >= 4 is 6.03 Å². The van der Waals surface area contributed by atoms with Gasteiger partial charge < -0.3 is 14.4 Å². The summed E-state index contributed by atoms with van der Waals surface area (Å²) in [5, 5.41) is 8.61. The number of hydrogen-bond donors (Lipinski definition) is 0. The van der Waals surface area contributed by atoms with Crippen LogP contribution >= 0.6 is 0 Å². The van der Waals surface area contributed by atoms with Gasteiger partial charge in [-0.2, -0.15) is 0 Å². The maximum absolute atomic E-state index is 12.4. The maximum Gasteiger partial charge on any atom is 0.319 e. The number of likely N-dealkylation sites (tertiary alicyclic amines) is 2. The first-order valence-electron chi connectivity index (χ1n) is 10.0. The Morgan fingerprint density at radius 2 is 1.93 bits per heavy atom. The highest BCUT2D eigenvalue weighted by molar-refractivity contribution is 5.73. The second-order valence-corrected chi connectivity index (χ2v) is 8.53. The molecule has 3 heterocycles. The average Bonchev–Trinajstić information content (AvgIpc) is 3.26. The number of nitrogens with zero attached hydrogens (tertiary/aromatic N) is 6. The topological polar surface area (TPSA) is 57.5 Å². The third-order valence-corrected chi connectivity index (χ3v) is 6.44. The van der Waals surface area contributed by atoms with Crippen LogP contribution in [0.4, 0.5) is 4.79 Å². The van der Waals surface area contributed by atoms with E-state index < -0.39 is 0 Å². The van der Waals surface area contributed by atoms with E-state index in [4.69, 9.17) is 0 Å². The van der Waals surface area contributed by atoms with Gasteiger partial charge in [0.2, 0.25) is 0 Å². The summed E-state index contributed by atoms with van der Waals surface area (Å²) in [6.45, 7) is 4.61. The van der Waals surface area contributed by atoms with Crippen molar-refractivity contribution in [2.45, 2.75) is 25.3 Å². The van der Waals surface area contributed by atoms with E-state index in [1.54, 1.807) is 11.2 Å². The first-order chi connectivity index (χ1) is 13.5. The quantitative estimate of drug-likeness (QED) is 0.816. The third-order valence-electron chi connectivity index (χ3n) is 6.44. The molecule has 0 bridgehead atoms. The summed E-state index contributed by atoms with van der Waals surface area (Å²) < 4.78 is 2.07. The zero-order chi connectivity index (χ0) is 19.7. The number of carbonyl (C=O) groups is 1. The van der Waals surface area contributed by atoms with Crippen LogP contribution in [0.3, 0.4) is 0 Å². The fourth-order valence-electron chi connectivity index (χ4n) is 4.93. The molecule has 1 aromatic heterocycles. The summed E-state index contributed by atoms with van der Waals surface area (Å²) in [5.74, 6) is 1.42. The van der Waals surface area contributed by atoms with E-state index in [0.717, 1.165) is 51.4 Å². The van der Waals surface area contributed by atoms with Gasteiger partial charge in [0.25, 0.3) is 0 Å². The van der Waals surface area contributed by atoms with Crippen molar-refractivity contribution in [2.75, 3.05) is 40.3 Å². The molecule has 150 valence electrons. The average molecular weight is 383 g/mol. The second-order valence-electron chi connectivity index (χ2n) is 8.53. The molecular weight excluding hydrogens is 352 g/mol. The molecule has 2 aliphatic heterocycles. The minimum atomic E-state index is 0.115. The molecule has 2 amide bonds. The maximum atomic E-state index is 12.4. The van der Waals surface area contributed by atoms with Gasteiger partial charge in [-0.05, 0) is 23.8 Å². The van der Waals surface area contributed by atoms with Crippen molar-refractivity contribution in [1.82, 2.24) is 29.5 Å². The van der Waals surface area contributed by atoms with Gasteiger partial charge in [-0.3, -0.25) is 4.90 Å². The van der Waals surface area contributed by atoms with Gasteiger partial charge in [-0.15, -0.1) is 10.2 Å². The summed E-state index contributed by atoms with van der Waals surface area (Å²) in [4.78, 5) is 18.6. The van der Waals surface area contributed by atoms with Gasteiger partial charge in [0.1, 0.15) is 12.2 Å². The highest BCUT2D eigenvalue weighted by Gasteiger charge is 2.50. The molecule has 2 fully saturated rings. The Labute approximate surface area is 166 Å². The van der Waals surface area contributed by atoms with Gasteiger partial charge in [0.15, 0.2) is 0 Å². The minimum Gasteiger partial charge on any atom is -0.331 e. The largest absolute Gasteiger partial charge is 0.331 e. The van der Waals surface area contributed by atoms with E-state index >= 15 is 0 Å². The summed E-state index contributed by atoms with van der Waals surface area (Å²) in [6.07, 6.45) is 3.82. The first kappa shape index (κ1) is 18.9. The third kappa shape index (κ3) is 3.51. The zero-order valence-corrected chi connectivity index (χ0v) is 17.1. The lowest BCUT2D eigenvalue weighted by atomic mass is 9.70. The van der Waals surface area contributed by atoms with Crippen LogP contribution < -0.4 is 0 Å². The van der Waals surface area contributed by atoms with Gasteiger partial charge in [0, 0.05) is 59.8 Å². The normalized spacial score (nSPS) is 22.0. The molecule has 0 saturated carbocycles. The van der Waals surface area contributed by atoms with E-state index in [-0.39, 0.29) is 11.4 Å². The Morgan fingerprint density at radius 3 is 2.54 bits per heavy atom. The second kappa shape index (κ2) is 7.54. The summed E-state index contributed by atoms with van der Waals surface area (Å²) in [7, 11) is 5.69. The van der Waals surface area contributed by atoms with E-state index in [2.05, 4.69) is 50.0 Å². The molecule has 2 aromatic rings. The van der Waals surface area contributed by atoms with E-state index in [0.29, 0.717) is 5.92 Å². The highest BCUT2D eigenvalue weighted by Crippen LogP contribution is 2.49. The number of hydrogen-bond acceptors (Lipinski definition) is 4. The van der Waals surface area contributed by atoms with Crippen molar-refractivity contribution in [1.29, 1.82) is 0 Å². The fraction of sp³-hybridized carbons (Fsp3) is 0.571. The Morgan fingerprint density at radius 1 is 1.21 bits per heavy atom. The zero-order valence-electron chi connectivity index (χ0n) is 17.1. The predicted octanol–water partition coefficient (Wildman–Crippen LogP) is 2.18. The van der Waals surface area contributed by atoms with Crippen molar-refractivity contribution in [3.8, 4) is 0 Å². The molecule has 0 N–H and O–H groups in total. The van der Waals surface area contributed by atoms with Crippen LogP contribution in [0, 0.1) is 5.41 Å². The lowest BCUT2D eigenvalue weighted by Gasteiger charge is -2.42. The van der Waals surface area contributed by atoms with Gasteiger partial charge in [-0.1, -0.05) is 30.3 Å². The summed E-state index contributed by atoms with van der Waals surface area (Å²) in [5.41, 5.74) is 1.50. The molecular formula is C21H30N6O. The first-order valence-corrected chi connectivity index (χ1v) is 10.0. The van der Waals surface area contributed by atoms with Gasteiger partial charge in [-0.25, -0.2) is 4.79 Å². The number of piperidine rings is 1. The van der Waals surface area contributed by atoms with Crippen LogP contribution in [0.1, 0.15) is 30.1 Å². The highest BCUT2D eigenvalue weighted by atomic mass is 16.2. The summed E-state index contributed by atoms with van der Waals surface area (Å²) in [6, 6.07) is 10.8. The van der Waals surface area contributed by atoms with Crippen molar-refractivity contribution in [3.05, 3.63) is 48.0 Å². The number of amides is 2. The van der Waals surface area contributed by atoms with E-state index in [9.17, 15) is 4.79 Å². The Hall–Kier alpha value is -2.41. The molecule has 28 heavy (non-hydrogen) atoms. The fourth-order valence-corrected chi connectivity index (χ4v) is 4.93. The number of rotatable bonds is 3. The molecule has 7 heteroatoms. The lowest BCUT2D eigenvalue weighted by Crippen LogP contribution is -2.49. The monoisotopic (exact) mass is 382 g/mol. The molecule has 7 nitrogen and oxygen atoms in total. The molecule has 0 radical (unpaired) electrons. The van der Waals surface area contributed by atoms with Crippen LogP contribution in [0.2, 0.25) is 0 Å². The Balaban J connectivity index is 1.55. The van der Waals surface area contributed by atoms with Crippen molar-refractivity contribution < 1.29 is 4.79 Å². The Kier molecular flexibility index (Phi) is 5.10. The van der Waals surface area contributed by atoms with Crippen molar-refractivity contribution in [3.63, 3.8) is 0 Å². The SMILES string of the molecule is CN(C)C(=O)N1CCC2(CC1)CN(Cc1ccccc1)CC2c1nncn1C. The van der Waals surface area contributed by atoms with Gasteiger partial charge >= 0.3 is 6.03 Å². The predicted molar refractivity (Wildman–Crippen MR) is 108 cm³/mol. The van der Waals surface area contributed by atoms with Crippen LogP contribution in [-0.2, 0) is 13.6 Å². The number of carbonyl (C=O) groups excluding carboxylic acids is 1. The number of aryl methyl sites for hydroxylation is 1. The smallest absolute Gasteiger partial charge is 0.319 e.